The van der Waals surface area contributed by atoms with Gasteiger partial charge in [0.25, 0.3) is 0 Å². The number of hydrogen-bond donors (Lipinski definition) is 1. The Kier molecular flexibility index (Phi) is 4.28. The average Bonchev–Trinajstić information content (AvgIpc) is 2.99. The normalized spacial score (nSPS) is 19.5. The van der Waals surface area contributed by atoms with Crippen LogP contribution in [0, 0.1) is 0 Å². The Bertz CT molecular complexity index is 378. The van der Waals surface area contributed by atoms with Gasteiger partial charge in [-0.05, 0) is 24.3 Å². The van der Waals surface area contributed by atoms with Crippen LogP contribution in [0.15, 0.2) is 17.5 Å². The van der Waals surface area contributed by atoms with Crippen LogP contribution < -0.4 is 5.32 Å². The van der Waals surface area contributed by atoms with Gasteiger partial charge in [-0.3, -0.25) is 9.59 Å². The van der Waals surface area contributed by atoms with Crippen LogP contribution in [0.3, 0.4) is 0 Å². The molecule has 1 N–H and O–H groups in total. The van der Waals surface area contributed by atoms with Crippen molar-refractivity contribution in [3.63, 3.8) is 0 Å². The van der Waals surface area contributed by atoms with Gasteiger partial charge < -0.3 is 10.2 Å². The summed E-state index contributed by atoms with van der Waals surface area (Å²) in [7, 11) is 0. The molecule has 1 unspecified atom stereocenters. The fraction of sp³-hybridized carbons (Fsp3) is 0.500. The summed E-state index contributed by atoms with van der Waals surface area (Å²) < 4.78 is 0. The molecule has 2 rings (SSSR count). The molecule has 4 nitrogen and oxygen atoms in total. The number of carbonyl (C=O) groups is 2. The van der Waals surface area contributed by atoms with Crippen molar-refractivity contribution in [3.05, 3.63) is 22.4 Å². The van der Waals surface area contributed by atoms with Gasteiger partial charge in [-0.2, -0.15) is 0 Å². The van der Waals surface area contributed by atoms with Gasteiger partial charge in [-0.15, -0.1) is 11.3 Å². The zero-order valence-electron chi connectivity index (χ0n) is 9.59. The molecular formula is C12H16N2O2S. The molecule has 92 valence electrons. The van der Waals surface area contributed by atoms with Gasteiger partial charge in [0.15, 0.2) is 5.78 Å². The van der Waals surface area contributed by atoms with Gasteiger partial charge in [0.1, 0.15) is 0 Å². The van der Waals surface area contributed by atoms with Crippen molar-refractivity contribution in [1.29, 1.82) is 0 Å². The molecule has 0 aromatic carbocycles. The van der Waals surface area contributed by atoms with Crippen LogP contribution in [0.2, 0.25) is 0 Å². The van der Waals surface area contributed by atoms with Crippen LogP contribution in [0.5, 0.6) is 0 Å². The van der Waals surface area contributed by atoms with Crippen molar-refractivity contribution in [1.82, 2.24) is 10.2 Å². The highest BCUT2D eigenvalue weighted by Gasteiger charge is 2.28. The Balaban J connectivity index is 1.75. The lowest BCUT2D eigenvalue weighted by molar-refractivity contribution is -0.129. The van der Waals surface area contributed by atoms with Crippen LogP contribution in [-0.4, -0.2) is 36.2 Å². The maximum Gasteiger partial charge on any atom is 0.210 e. The van der Waals surface area contributed by atoms with E-state index in [2.05, 4.69) is 5.32 Å². The van der Waals surface area contributed by atoms with Crippen LogP contribution in [0.4, 0.5) is 0 Å². The van der Waals surface area contributed by atoms with E-state index in [9.17, 15) is 9.59 Å². The quantitative estimate of drug-likeness (QED) is 0.769. The van der Waals surface area contributed by atoms with Crippen molar-refractivity contribution >= 4 is 23.5 Å². The van der Waals surface area contributed by atoms with Crippen molar-refractivity contribution in [2.75, 3.05) is 13.1 Å². The summed E-state index contributed by atoms with van der Waals surface area (Å²) in [4.78, 5) is 25.4. The van der Waals surface area contributed by atoms with Gasteiger partial charge in [-0.1, -0.05) is 6.07 Å². The molecule has 0 radical (unpaired) electrons. The first-order chi connectivity index (χ1) is 8.31. The molecule has 5 heteroatoms. The Hall–Kier alpha value is -1.20. The molecule has 1 aromatic heterocycles. The molecule has 1 aliphatic rings. The Morgan fingerprint density at radius 1 is 1.65 bits per heavy atom. The predicted molar refractivity (Wildman–Crippen MR) is 66.8 cm³/mol. The molecule has 0 saturated carbocycles. The van der Waals surface area contributed by atoms with Gasteiger partial charge in [0.05, 0.1) is 12.6 Å². The molecule has 1 aliphatic heterocycles. The molecule has 1 saturated heterocycles. The SMILES string of the molecule is O=CN1CCCC1C(=O)CNCc1cccs1. The smallest absolute Gasteiger partial charge is 0.210 e. The second-order valence-electron chi connectivity index (χ2n) is 4.15. The molecule has 0 aliphatic carbocycles. The minimum Gasteiger partial charge on any atom is -0.335 e. The fourth-order valence-corrected chi connectivity index (χ4v) is 2.78. The van der Waals surface area contributed by atoms with E-state index in [4.69, 9.17) is 0 Å². The van der Waals surface area contributed by atoms with Gasteiger partial charge in [0.2, 0.25) is 6.41 Å². The van der Waals surface area contributed by atoms with Crippen LogP contribution in [0.1, 0.15) is 17.7 Å². The average molecular weight is 252 g/mol. The van der Waals surface area contributed by atoms with E-state index in [0.29, 0.717) is 13.1 Å². The predicted octanol–water partition coefficient (Wildman–Crippen LogP) is 1.03. The third-order valence-corrected chi connectivity index (χ3v) is 3.86. The van der Waals surface area contributed by atoms with Crippen LogP contribution >= 0.6 is 11.3 Å². The van der Waals surface area contributed by atoms with E-state index in [-0.39, 0.29) is 11.8 Å². The first-order valence-corrected chi connectivity index (χ1v) is 6.66. The Labute approximate surface area is 105 Å². The number of carbonyl (C=O) groups excluding carboxylic acids is 2. The lowest BCUT2D eigenvalue weighted by Gasteiger charge is -2.18. The number of likely N-dealkylation sites (tertiary alicyclic amines) is 1. The fourth-order valence-electron chi connectivity index (χ4n) is 2.10. The largest absolute Gasteiger partial charge is 0.335 e. The number of nitrogens with one attached hydrogen (secondary N) is 1. The lowest BCUT2D eigenvalue weighted by atomic mass is 10.1. The first kappa shape index (κ1) is 12.3. The van der Waals surface area contributed by atoms with Crippen molar-refractivity contribution in [2.45, 2.75) is 25.4 Å². The molecule has 0 spiro atoms. The molecule has 1 aromatic rings. The topological polar surface area (TPSA) is 49.4 Å². The molecule has 1 fully saturated rings. The van der Waals surface area contributed by atoms with Gasteiger partial charge >= 0.3 is 0 Å². The maximum atomic E-state index is 11.9. The van der Waals surface area contributed by atoms with E-state index >= 15 is 0 Å². The van der Waals surface area contributed by atoms with E-state index < -0.39 is 0 Å². The summed E-state index contributed by atoms with van der Waals surface area (Å²) in [5, 5.41) is 5.15. The highest BCUT2D eigenvalue weighted by molar-refractivity contribution is 7.09. The van der Waals surface area contributed by atoms with Crippen molar-refractivity contribution < 1.29 is 9.59 Å². The zero-order chi connectivity index (χ0) is 12.1. The molecule has 1 amide bonds. The molecule has 0 bridgehead atoms. The minimum atomic E-state index is -0.205. The molecule has 17 heavy (non-hydrogen) atoms. The number of nitrogens with zero attached hydrogens (tertiary/aromatic N) is 1. The summed E-state index contributed by atoms with van der Waals surface area (Å²) in [6.45, 7) is 1.77. The summed E-state index contributed by atoms with van der Waals surface area (Å²) in [6.07, 6.45) is 2.52. The lowest BCUT2D eigenvalue weighted by Crippen LogP contribution is -2.39. The molecular weight excluding hydrogens is 236 g/mol. The van der Waals surface area contributed by atoms with E-state index in [1.165, 1.54) is 4.88 Å². The van der Waals surface area contributed by atoms with Gasteiger partial charge in [0, 0.05) is 18.0 Å². The first-order valence-electron chi connectivity index (χ1n) is 5.78. The van der Waals surface area contributed by atoms with E-state index in [1.54, 1.807) is 16.2 Å². The number of Topliss-reactive ketones (excluding diaryl/α,β-unsaturated/α-hetero) is 1. The Morgan fingerprint density at radius 3 is 3.24 bits per heavy atom. The van der Waals surface area contributed by atoms with Gasteiger partial charge in [-0.25, -0.2) is 0 Å². The standard InChI is InChI=1S/C12H16N2O2S/c15-9-14-5-1-4-11(14)12(16)8-13-7-10-3-2-6-17-10/h2-3,6,9,11,13H,1,4-5,7-8H2. The highest BCUT2D eigenvalue weighted by Crippen LogP contribution is 2.15. The third-order valence-electron chi connectivity index (χ3n) is 2.98. The number of rotatable bonds is 6. The van der Waals surface area contributed by atoms with Crippen molar-refractivity contribution in [2.24, 2.45) is 0 Å². The summed E-state index contributed by atoms with van der Waals surface area (Å²) >= 11 is 1.67. The van der Waals surface area contributed by atoms with Crippen LogP contribution in [-0.2, 0) is 16.1 Å². The maximum absolute atomic E-state index is 11.9. The summed E-state index contributed by atoms with van der Waals surface area (Å²) in [5.74, 6) is 0.117. The van der Waals surface area contributed by atoms with E-state index in [0.717, 1.165) is 25.8 Å². The monoisotopic (exact) mass is 252 g/mol. The number of amides is 1. The number of thiophene rings is 1. The van der Waals surface area contributed by atoms with Crippen LogP contribution in [0.25, 0.3) is 0 Å². The summed E-state index contributed by atoms with van der Waals surface area (Å²) in [6, 6.07) is 3.83. The zero-order valence-corrected chi connectivity index (χ0v) is 10.4. The Morgan fingerprint density at radius 2 is 2.53 bits per heavy atom. The number of ketones is 1. The summed E-state index contributed by atoms with van der Waals surface area (Å²) in [5.41, 5.74) is 0. The second kappa shape index (κ2) is 5.93. The minimum absolute atomic E-state index is 0.117. The third kappa shape index (κ3) is 3.14. The number of hydrogen-bond acceptors (Lipinski definition) is 4. The molecule has 1 atom stereocenters. The molecule has 2 heterocycles. The van der Waals surface area contributed by atoms with E-state index in [1.807, 2.05) is 17.5 Å². The second-order valence-corrected chi connectivity index (χ2v) is 5.18. The van der Waals surface area contributed by atoms with Crippen molar-refractivity contribution in [3.8, 4) is 0 Å². The highest BCUT2D eigenvalue weighted by atomic mass is 32.1.